The van der Waals surface area contributed by atoms with Crippen molar-refractivity contribution in [3.8, 4) is 0 Å². The highest BCUT2D eigenvalue weighted by Crippen LogP contribution is 2.44. The molecule has 2 aliphatic rings. The minimum absolute atomic E-state index is 0. The van der Waals surface area contributed by atoms with Crippen molar-refractivity contribution in [2.45, 2.75) is 64.5 Å². The zero-order valence-corrected chi connectivity index (χ0v) is 20.3. The Morgan fingerprint density at radius 1 is 1.20 bits per heavy atom. The Hall–Kier alpha value is -1.64. The van der Waals surface area contributed by atoms with Crippen LogP contribution in [0.4, 0.5) is 0 Å². The number of aliphatic imine (C=N–C) groups is 1. The van der Waals surface area contributed by atoms with E-state index in [2.05, 4.69) is 62.7 Å². The van der Waals surface area contributed by atoms with Crippen molar-refractivity contribution >= 4 is 29.9 Å². The van der Waals surface area contributed by atoms with E-state index in [1.54, 1.807) is 0 Å². The van der Waals surface area contributed by atoms with Gasteiger partial charge in [-0.05, 0) is 49.5 Å². The maximum absolute atomic E-state index is 4.90. The second-order valence-electron chi connectivity index (χ2n) is 8.47. The molecule has 1 aromatic heterocycles. The molecule has 2 aliphatic carbocycles. The largest absolute Gasteiger partial charge is 0.355 e. The molecular weight excluding hydrogens is 487 g/mol. The van der Waals surface area contributed by atoms with Gasteiger partial charge in [0.1, 0.15) is 12.2 Å². The number of hydrogen-bond acceptors (Lipinski definition) is 3. The number of halogens is 1. The Bertz CT molecular complexity index is 790. The maximum atomic E-state index is 4.90. The first kappa shape index (κ1) is 23.0. The smallest absolute Gasteiger partial charge is 0.191 e. The first-order chi connectivity index (χ1) is 14.3. The second-order valence-corrected chi connectivity index (χ2v) is 8.47. The van der Waals surface area contributed by atoms with Crippen LogP contribution in [-0.4, -0.2) is 39.9 Å². The van der Waals surface area contributed by atoms with E-state index in [0.717, 1.165) is 62.5 Å². The molecule has 2 aromatic rings. The van der Waals surface area contributed by atoms with Gasteiger partial charge in [0.05, 0.1) is 0 Å². The van der Waals surface area contributed by atoms with E-state index < -0.39 is 0 Å². The fourth-order valence-electron chi connectivity index (χ4n) is 4.90. The van der Waals surface area contributed by atoms with E-state index in [9.17, 15) is 0 Å². The highest BCUT2D eigenvalue weighted by Gasteiger charge is 2.39. The summed E-state index contributed by atoms with van der Waals surface area (Å²) in [5.74, 6) is 3.78. The highest BCUT2D eigenvalue weighted by atomic mass is 127. The fraction of sp³-hybridized carbons (Fsp3) is 0.609. The summed E-state index contributed by atoms with van der Waals surface area (Å²) in [7, 11) is 0. The van der Waals surface area contributed by atoms with Crippen molar-refractivity contribution in [1.82, 2.24) is 25.4 Å². The molecule has 1 heterocycles. The molecule has 2 saturated carbocycles. The average molecular weight is 522 g/mol. The summed E-state index contributed by atoms with van der Waals surface area (Å²) in [5.41, 5.74) is 1.39. The quantitative estimate of drug-likeness (QED) is 0.228. The van der Waals surface area contributed by atoms with Crippen LogP contribution in [0.2, 0.25) is 0 Å². The standard InChI is InChI=1S/C23H34N6.HI/c1-2-22-28-26-17-29(22)14-13-25-23(27-21-16-19-10-11-20(21)15-19)24-12-6-9-18-7-4-3-5-8-18;/h3-5,7-8,17,19-21H,2,6,9-16H2,1H3,(H2,24,25,27);1H. The van der Waals surface area contributed by atoms with Crippen LogP contribution in [0.1, 0.15) is 50.4 Å². The first-order valence-electron chi connectivity index (χ1n) is 11.3. The zero-order valence-electron chi connectivity index (χ0n) is 18.0. The maximum Gasteiger partial charge on any atom is 0.191 e. The molecule has 30 heavy (non-hydrogen) atoms. The Morgan fingerprint density at radius 2 is 2.07 bits per heavy atom. The summed E-state index contributed by atoms with van der Waals surface area (Å²) in [5, 5.41) is 15.5. The van der Waals surface area contributed by atoms with Crippen LogP contribution in [-0.2, 0) is 19.4 Å². The van der Waals surface area contributed by atoms with Gasteiger partial charge in [-0.25, -0.2) is 0 Å². The minimum atomic E-state index is 0. The second kappa shape index (κ2) is 11.7. The lowest BCUT2D eigenvalue weighted by molar-refractivity contribution is 0.387. The first-order valence-corrected chi connectivity index (χ1v) is 11.3. The van der Waals surface area contributed by atoms with Crippen LogP contribution in [0, 0.1) is 11.8 Å². The third-order valence-corrected chi connectivity index (χ3v) is 6.45. The average Bonchev–Trinajstić information content (AvgIpc) is 3.48. The van der Waals surface area contributed by atoms with E-state index in [1.165, 1.54) is 31.2 Å². The molecule has 0 amide bonds. The molecule has 4 rings (SSSR count). The number of benzene rings is 1. The fourth-order valence-corrected chi connectivity index (χ4v) is 4.90. The molecule has 0 saturated heterocycles. The molecule has 2 fully saturated rings. The molecule has 6 nitrogen and oxygen atoms in total. The zero-order chi connectivity index (χ0) is 19.9. The number of hydrogen-bond donors (Lipinski definition) is 2. The van der Waals surface area contributed by atoms with Crippen molar-refractivity contribution in [3.63, 3.8) is 0 Å². The molecule has 2 bridgehead atoms. The molecule has 0 spiro atoms. The summed E-state index contributed by atoms with van der Waals surface area (Å²) >= 11 is 0. The van der Waals surface area contributed by atoms with Crippen molar-refractivity contribution in [2.24, 2.45) is 16.8 Å². The van der Waals surface area contributed by atoms with Crippen LogP contribution in [0.15, 0.2) is 41.7 Å². The number of guanidine groups is 1. The van der Waals surface area contributed by atoms with Crippen molar-refractivity contribution in [1.29, 1.82) is 0 Å². The lowest BCUT2D eigenvalue weighted by Gasteiger charge is -2.25. The summed E-state index contributed by atoms with van der Waals surface area (Å²) in [6, 6.07) is 11.3. The van der Waals surface area contributed by atoms with Crippen LogP contribution < -0.4 is 10.6 Å². The number of nitrogens with zero attached hydrogens (tertiary/aromatic N) is 4. The van der Waals surface area contributed by atoms with Gasteiger partial charge in [0.25, 0.3) is 0 Å². The Morgan fingerprint density at radius 3 is 2.80 bits per heavy atom. The minimum Gasteiger partial charge on any atom is -0.355 e. The van der Waals surface area contributed by atoms with Gasteiger partial charge >= 0.3 is 0 Å². The van der Waals surface area contributed by atoms with Gasteiger partial charge in [-0.2, -0.15) is 0 Å². The Balaban J connectivity index is 0.00000256. The van der Waals surface area contributed by atoms with E-state index in [0.29, 0.717) is 6.04 Å². The van der Waals surface area contributed by atoms with Crippen LogP contribution in [0.25, 0.3) is 0 Å². The number of fused-ring (bicyclic) bond motifs is 2. The van der Waals surface area contributed by atoms with E-state index >= 15 is 0 Å². The topological polar surface area (TPSA) is 67.1 Å². The molecule has 3 atom stereocenters. The molecule has 164 valence electrons. The van der Waals surface area contributed by atoms with Gasteiger partial charge < -0.3 is 15.2 Å². The predicted octanol–water partition coefficient (Wildman–Crippen LogP) is 3.82. The van der Waals surface area contributed by atoms with Gasteiger partial charge in [0.15, 0.2) is 5.96 Å². The summed E-state index contributed by atoms with van der Waals surface area (Å²) in [6.45, 7) is 4.65. The molecule has 3 unspecified atom stereocenters. The van der Waals surface area contributed by atoms with Gasteiger partial charge in [-0.3, -0.25) is 4.99 Å². The normalized spacial score (nSPS) is 22.7. The Labute approximate surface area is 197 Å². The molecule has 1 aromatic carbocycles. The van der Waals surface area contributed by atoms with E-state index in [1.807, 2.05) is 6.33 Å². The third kappa shape index (κ3) is 6.18. The number of aromatic nitrogens is 3. The molecule has 2 N–H and O–H groups in total. The molecule has 0 radical (unpaired) electrons. The van der Waals surface area contributed by atoms with Crippen molar-refractivity contribution < 1.29 is 0 Å². The Kier molecular flexibility index (Phi) is 8.96. The lowest BCUT2D eigenvalue weighted by atomic mass is 9.95. The highest BCUT2D eigenvalue weighted by molar-refractivity contribution is 14.0. The van der Waals surface area contributed by atoms with Crippen molar-refractivity contribution in [2.75, 3.05) is 13.1 Å². The number of rotatable bonds is 9. The molecule has 0 aliphatic heterocycles. The van der Waals surface area contributed by atoms with Gasteiger partial charge in [0, 0.05) is 32.1 Å². The third-order valence-electron chi connectivity index (χ3n) is 6.45. The van der Waals surface area contributed by atoms with Gasteiger partial charge in [0.2, 0.25) is 0 Å². The van der Waals surface area contributed by atoms with Gasteiger partial charge in [-0.1, -0.05) is 43.7 Å². The molecular formula is C23H35IN6. The van der Waals surface area contributed by atoms with Crippen LogP contribution in [0.5, 0.6) is 0 Å². The summed E-state index contributed by atoms with van der Waals surface area (Å²) < 4.78 is 2.12. The number of aryl methyl sites for hydroxylation is 2. The van der Waals surface area contributed by atoms with Crippen LogP contribution >= 0.6 is 24.0 Å². The summed E-state index contributed by atoms with van der Waals surface area (Å²) in [6.07, 6.45) is 10.4. The van der Waals surface area contributed by atoms with Gasteiger partial charge in [-0.15, -0.1) is 34.2 Å². The van der Waals surface area contributed by atoms with E-state index in [-0.39, 0.29) is 24.0 Å². The van der Waals surface area contributed by atoms with E-state index in [4.69, 9.17) is 4.99 Å². The number of nitrogens with one attached hydrogen (secondary N) is 2. The monoisotopic (exact) mass is 522 g/mol. The molecule has 7 heteroatoms. The van der Waals surface area contributed by atoms with Crippen molar-refractivity contribution in [3.05, 3.63) is 48.0 Å². The predicted molar refractivity (Wildman–Crippen MR) is 132 cm³/mol. The van der Waals surface area contributed by atoms with Crippen LogP contribution in [0.3, 0.4) is 0 Å². The summed E-state index contributed by atoms with van der Waals surface area (Å²) in [4.78, 5) is 4.90. The SMILES string of the molecule is CCc1nncn1CCNC(=NCCCc1ccccc1)NC1CC2CCC1C2.I. The lowest BCUT2D eigenvalue weighted by Crippen LogP contribution is -2.46.